The monoisotopic (exact) mass is 741 g/mol. The van der Waals surface area contributed by atoms with Crippen LogP contribution in [0.3, 0.4) is 0 Å². The molecule has 6 aromatic rings. The summed E-state index contributed by atoms with van der Waals surface area (Å²) in [6.07, 6.45) is 2.61. The summed E-state index contributed by atoms with van der Waals surface area (Å²) in [5.74, 6) is -0.928. The maximum Gasteiger partial charge on any atom is 0.356 e. The van der Waals surface area contributed by atoms with E-state index in [0.717, 1.165) is 55.9 Å². The number of nitrogens with zero attached hydrogens (tertiary/aromatic N) is 5. The van der Waals surface area contributed by atoms with Gasteiger partial charge in [-0.3, -0.25) is 4.79 Å². The predicted octanol–water partition coefficient (Wildman–Crippen LogP) is 8.29. The summed E-state index contributed by atoms with van der Waals surface area (Å²) in [5.41, 5.74) is 7.55. The van der Waals surface area contributed by atoms with Gasteiger partial charge < -0.3 is 29.3 Å². The van der Waals surface area contributed by atoms with Gasteiger partial charge in [0.05, 0.1) is 22.8 Å². The molecular weight excluding hydrogens is 705 g/mol. The third-order valence-electron chi connectivity index (χ3n) is 9.79. The topological polar surface area (TPSA) is 132 Å². The highest BCUT2D eigenvalue weighted by molar-refractivity contribution is 6.35. The Hall–Kier alpha value is -5.26. The second-order valence-corrected chi connectivity index (χ2v) is 14.0. The molecule has 3 aromatic heterocycles. The van der Waals surface area contributed by atoms with Crippen molar-refractivity contribution in [3.05, 3.63) is 98.3 Å². The number of halogens is 2. The van der Waals surface area contributed by atoms with E-state index < -0.39 is 5.97 Å². The molecule has 4 heterocycles. The summed E-state index contributed by atoms with van der Waals surface area (Å²) in [5, 5.41) is 23.2. The van der Waals surface area contributed by atoms with Crippen molar-refractivity contribution in [2.75, 3.05) is 25.2 Å². The zero-order chi connectivity index (χ0) is 37.2. The van der Waals surface area contributed by atoms with E-state index in [4.69, 9.17) is 32.8 Å². The molecule has 1 atom stereocenters. The van der Waals surface area contributed by atoms with Crippen LogP contribution in [0.5, 0.6) is 11.5 Å². The number of rotatable bonds is 9. The van der Waals surface area contributed by atoms with E-state index in [1.165, 1.54) is 36.4 Å². The Morgan fingerprint density at radius 1 is 0.981 bits per heavy atom. The molecule has 0 bridgehead atoms. The summed E-state index contributed by atoms with van der Waals surface area (Å²) in [6, 6.07) is 11.7. The molecule has 0 radical (unpaired) electrons. The lowest BCUT2D eigenvalue weighted by molar-refractivity contribution is 0.0645. The average Bonchev–Trinajstić information content (AvgIpc) is 3.64. The number of fused-ring (bicyclic) bond motifs is 4. The maximum atomic E-state index is 15.0. The fraction of sp³-hybridized carbons (Fsp3) is 0.282. The number of benzene rings is 3. The number of aryl methyl sites for hydroxylation is 5. The first kappa shape index (κ1) is 35.2. The second kappa shape index (κ2) is 13.4. The van der Waals surface area contributed by atoms with Gasteiger partial charge in [-0.1, -0.05) is 29.3 Å². The fourth-order valence-corrected chi connectivity index (χ4v) is 7.94. The van der Waals surface area contributed by atoms with Gasteiger partial charge in [-0.05, 0) is 94.5 Å². The molecule has 0 saturated heterocycles. The van der Waals surface area contributed by atoms with Crippen LogP contribution in [0.4, 0.5) is 5.69 Å². The third-order valence-corrected chi connectivity index (χ3v) is 10.7. The lowest BCUT2D eigenvalue weighted by Crippen LogP contribution is -2.43. The normalized spacial score (nSPS) is 14.3. The Bertz CT molecular complexity index is 2410. The minimum absolute atomic E-state index is 0.117. The van der Waals surface area contributed by atoms with Crippen LogP contribution in [-0.2, 0) is 6.42 Å². The van der Waals surface area contributed by atoms with Gasteiger partial charge in [0.15, 0.2) is 5.69 Å². The van der Waals surface area contributed by atoms with E-state index in [1.807, 2.05) is 58.9 Å². The van der Waals surface area contributed by atoms with Crippen LogP contribution in [0, 0.1) is 27.7 Å². The molecule has 52 heavy (non-hydrogen) atoms. The van der Waals surface area contributed by atoms with Gasteiger partial charge >= 0.3 is 5.97 Å². The van der Waals surface area contributed by atoms with Gasteiger partial charge in [0.1, 0.15) is 36.1 Å². The number of anilines is 1. The number of aromatic nitrogens is 4. The number of ether oxygens (including phenoxy) is 1. The first-order valence-electron chi connectivity index (χ1n) is 16.8. The van der Waals surface area contributed by atoms with Crippen molar-refractivity contribution in [2.24, 2.45) is 0 Å². The van der Waals surface area contributed by atoms with Crippen molar-refractivity contribution in [3.63, 3.8) is 0 Å². The molecule has 268 valence electrons. The largest absolute Gasteiger partial charge is 0.508 e. The zero-order valence-corrected chi connectivity index (χ0v) is 31.1. The Morgan fingerprint density at radius 2 is 1.67 bits per heavy atom. The van der Waals surface area contributed by atoms with Crippen molar-refractivity contribution in [1.82, 2.24) is 19.3 Å². The number of carbonyl (C=O) groups excluding carboxylic acids is 1. The van der Waals surface area contributed by atoms with Gasteiger partial charge in [-0.25, -0.2) is 14.8 Å². The highest BCUT2D eigenvalue weighted by atomic mass is 35.5. The number of carboxylic acids is 1. The van der Waals surface area contributed by atoms with Crippen LogP contribution in [-0.4, -0.2) is 61.6 Å². The first-order valence-corrected chi connectivity index (χ1v) is 17.6. The number of phenols is 1. The van der Waals surface area contributed by atoms with E-state index in [2.05, 4.69) is 14.5 Å². The highest BCUT2D eigenvalue weighted by Gasteiger charge is 2.38. The van der Waals surface area contributed by atoms with Gasteiger partial charge in [-0.15, -0.1) is 0 Å². The highest BCUT2D eigenvalue weighted by Crippen LogP contribution is 2.46. The molecule has 1 unspecified atom stereocenters. The van der Waals surface area contributed by atoms with Crippen molar-refractivity contribution in [3.8, 4) is 22.6 Å². The van der Waals surface area contributed by atoms with E-state index in [-0.39, 0.29) is 29.9 Å². The zero-order valence-electron chi connectivity index (χ0n) is 29.5. The molecule has 3 aromatic carbocycles. The number of carboxylic acid groups (broad SMARTS) is 1. The molecule has 0 spiro atoms. The van der Waals surface area contributed by atoms with Crippen LogP contribution in [0.1, 0.15) is 68.4 Å². The molecule has 0 saturated carbocycles. The fourth-order valence-electron chi connectivity index (χ4n) is 7.58. The lowest BCUT2D eigenvalue weighted by atomic mass is 9.97. The molecule has 7 rings (SSSR count). The SMILES string of the molecule is COn1c(C(=O)O)cc2cc(O)cc(N3CC(C)n4c(c(CCCOc5cc(C)c(Cl)c(C)c5)c5ccc(Cl)c(-c6c(C)ncnc6C)c54)C3=O)c21. The summed E-state index contributed by atoms with van der Waals surface area (Å²) in [7, 11) is 1.36. The van der Waals surface area contributed by atoms with E-state index in [1.54, 1.807) is 4.90 Å². The molecule has 11 nitrogen and oxygen atoms in total. The Labute approximate surface area is 309 Å². The summed E-state index contributed by atoms with van der Waals surface area (Å²) >= 11 is 13.4. The standard InChI is InChI=1S/C39H37Cl2N5O6/c1-19-12-26(13-20(2)34(19)41)52-11-7-8-27-28-9-10-29(40)33(32-22(4)42-18-43-23(32)5)36(28)45-21(3)17-44(38(48)37(27)45)30-16-25(47)14-24-15-31(39(49)50)46(51-6)35(24)30/h9-10,12-16,18,21,47H,7-8,11,17H2,1-6H3,(H,49,50). The minimum atomic E-state index is -1.21. The lowest BCUT2D eigenvalue weighted by Gasteiger charge is -2.35. The number of carbonyl (C=O) groups is 2. The number of aromatic carboxylic acids is 1. The maximum absolute atomic E-state index is 15.0. The Morgan fingerprint density at radius 3 is 2.33 bits per heavy atom. The van der Waals surface area contributed by atoms with Crippen LogP contribution in [0.2, 0.25) is 10.0 Å². The van der Waals surface area contributed by atoms with Gasteiger partial charge in [0.2, 0.25) is 0 Å². The number of amides is 1. The third kappa shape index (κ3) is 5.68. The first-order chi connectivity index (χ1) is 24.8. The summed E-state index contributed by atoms with van der Waals surface area (Å²) in [6.45, 7) is 10.3. The Kier molecular flexibility index (Phi) is 9.04. The summed E-state index contributed by atoms with van der Waals surface area (Å²) in [4.78, 5) is 43.3. The van der Waals surface area contributed by atoms with Crippen LogP contribution in [0.25, 0.3) is 32.9 Å². The Balaban J connectivity index is 1.40. The van der Waals surface area contributed by atoms with Crippen molar-refractivity contribution >= 4 is 62.6 Å². The number of hydrogen-bond acceptors (Lipinski definition) is 7. The van der Waals surface area contributed by atoms with Crippen LogP contribution < -0.4 is 14.5 Å². The molecule has 13 heteroatoms. The van der Waals surface area contributed by atoms with E-state index in [9.17, 15) is 15.0 Å². The van der Waals surface area contributed by atoms with E-state index >= 15 is 4.79 Å². The molecule has 2 N–H and O–H groups in total. The number of hydrogen-bond donors (Lipinski definition) is 2. The molecule has 1 aliphatic rings. The molecular formula is C39H37Cl2N5O6. The van der Waals surface area contributed by atoms with E-state index in [0.29, 0.717) is 51.8 Å². The predicted molar refractivity (Wildman–Crippen MR) is 202 cm³/mol. The number of aromatic hydroxyl groups is 1. The number of phenolic OH excluding ortho intramolecular Hbond substituents is 1. The minimum Gasteiger partial charge on any atom is -0.508 e. The van der Waals surface area contributed by atoms with Crippen LogP contribution in [0.15, 0.2) is 48.8 Å². The van der Waals surface area contributed by atoms with Crippen molar-refractivity contribution < 1.29 is 29.4 Å². The average molecular weight is 743 g/mol. The molecule has 1 amide bonds. The molecule has 0 aliphatic carbocycles. The van der Waals surface area contributed by atoms with Gasteiger partial charge in [-0.2, -0.15) is 4.73 Å². The quantitative estimate of drug-likeness (QED) is 0.142. The van der Waals surface area contributed by atoms with Gasteiger partial charge in [0.25, 0.3) is 5.91 Å². The molecule has 1 aliphatic heterocycles. The van der Waals surface area contributed by atoms with Crippen molar-refractivity contribution in [2.45, 2.75) is 53.5 Å². The second-order valence-electron chi connectivity index (χ2n) is 13.2. The smallest absolute Gasteiger partial charge is 0.356 e. The summed E-state index contributed by atoms with van der Waals surface area (Å²) < 4.78 is 9.41. The van der Waals surface area contributed by atoms with Crippen LogP contribution >= 0.6 is 23.2 Å². The molecule has 0 fully saturated rings. The van der Waals surface area contributed by atoms with Gasteiger partial charge in [0, 0.05) is 57.0 Å². The van der Waals surface area contributed by atoms with Crippen molar-refractivity contribution in [1.29, 1.82) is 0 Å².